The molecule has 0 amide bonds. The number of aromatic hydroxyl groups is 1. The van der Waals surface area contributed by atoms with Gasteiger partial charge in [0.05, 0.1) is 26.2 Å². The molecule has 1 aliphatic rings. The molecule has 7 rings (SSSR count). The SMILES string of the molecule is O=C(OCc1ccccc1)[C@H](Cc1ccc(O)cc1)N[P+]1([O-])N(Cc2cccc3ccccc23)CCN1Cc1cccc2ccccc12. The fourth-order valence-electron chi connectivity index (χ4n) is 6.53. The van der Waals surface area contributed by atoms with Gasteiger partial charge in [-0.25, -0.2) is 0 Å². The Morgan fingerprint density at radius 2 is 1.21 bits per heavy atom. The van der Waals surface area contributed by atoms with Crippen molar-refractivity contribution in [2.75, 3.05) is 13.1 Å². The van der Waals surface area contributed by atoms with Gasteiger partial charge in [-0.1, -0.05) is 127 Å². The van der Waals surface area contributed by atoms with Crippen LogP contribution in [0, 0.1) is 0 Å². The predicted octanol–water partition coefficient (Wildman–Crippen LogP) is 7.00. The number of carbonyl (C=O) groups is 1. The molecule has 2 N–H and O–H groups in total. The van der Waals surface area contributed by atoms with E-state index in [1.54, 1.807) is 24.3 Å². The van der Waals surface area contributed by atoms with Crippen LogP contribution in [0.2, 0.25) is 0 Å². The second kappa shape index (κ2) is 14.2. The van der Waals surface area contributed by atoms with Gasteiger partial charge in [-0.05, 0) is 55.9 Å². The van der Waals surface area contributed by atoms with E-state index in [0.717, 1.165) is 43.8 Å². The van der Waals surface area contributed by atoms with E-state index in [1.807, 2.05) is 76.1 Å². The van der Waals surface area contributed by atoms with Gasteiger partial charge in [-0.15, -0.1) is 14.4 Å². The first-order valence-electron chi connectivity index (χ1n) is 16.3. The van der Waals surface area contributed by atoms with Crippen LogP contribution in [-0.4, -0.2) is 39.5 Å². The standard InChI is InChI=1S/C40H38N3O4P/c44-36-22-20-30(21-23-36)26-39(40(45)47-29-31-10-2-1-3-11-31)41-48(46)42(27-34-16-8-14-32-12-4-6-18-37(32)34)24-25-43(48)28-35-17-9-15-33-13-5-7-19-38(33)35/h1-23,39,44H,24-29H2,(H,41,46)/t39-/m0/s1. The lowest BCUT2D eigenvalue weighted by molar-refractivity contribution is -0.196. The molecule has 1 saturated heterocycles. The molecule has 1 heterocycles. The van der Waals surface area contributed by atoms with Crippen LogP contribution in [-0.2, 0) is 35.6 Å². The van der Waals surface area contributed by atoms with E-state index < -0.39 is 20.0 Å². The van der Waals surface area contributed by atoms with E-state index in [1.165, 1.54) is 0 Å². The van der Waals surface area contributed by atoms with Crippen LogP contribution in [0.5, 0.6) is 5.75 Å². The average molecular weight is 656 g/mol. The number of nitrogens with one attached hydrogen (secondary N) is 1. The highest BCUT2D eigenvalue weighted by atomic mass is 31.2. The molecule has 0 radical (unpaired) electrons. The monoisotopic (exact) mass is 655 g/mol. The van der Waals surface area contributed by atoms with Gasteiger partial charge >= 0.3 is 5.97 Å². The molecule has 0 bridgehead atoms. The molecular weight excluding hydrogens is 617 g/mol. The van der Waals surface area contributed by atoms with E-state index in [4.69, 9.17) is 4.74 Å². The lowest BCUT2D eigenvalue weighted by Crippen LogP contribution is -2.50. The second-order valence-corrected chi connectivity index (χ2v) is 14.7. The van der Waals surface area contributed by atoms with Crippen molar-refractivity contribution in [3.05, 3.63) is 162 Å². The highest BCUT2D eigenvalue weighted by Crippen LogP contribution is 2.59. The van der Waals surface area contributed by atoms with Gasteiger partial charge < -0.3 is 14.7 Å². The van der Waals surface area contributed by atoms with E-state index >= 15 is 4.89 Å². The van der Waals surface area contributed by atoms with Gasteiger partial charge in [-0.3, -0.25) is 4.79 Å². The molecule has 0 saturated carbocycles. The zero-order valence-corrected chi connectivity index (χ0v) is 27.5. The minimum absolute atomic E-state index is 0.108. The summed E-state index contributed by atoms with van der Waals surface area (Å²) >= 11 is 0. The van der Waals surface area contributed by atoms with Gasteiger partial charge in [0.25, 0.3) is 0 Å². The van der Waals surface area contributed by atoms with E-state index in [0.29, 0.717) is 26.2 Å². The van der Waals surface area contributed by atoms with Crippen molar-refractivity contribution < 1.29 is 19.5 Å². The van der Waals surface area contributed by atoms with Gasteiger partial charge in [-0.2, -0.15) is 0 Å². The summed E-state index contributed by atoms with van der Waals surface area (Å²) in [4.78, 5) is 29.6. The Hall–Kier alpha value is -4.62. The zero-order chi connectivity index (χ0) is 32.9. The van der Waals surface area contributed by atoms with Crippen LogP contribution >= 0.6 is 7.94 Å². The number of ether oxygens (including phenoxy) is 1. The number of esters is 1. The summed E-state index contributed by atoms with van der Waals surface area (Å²) in [7, 11) is -3.56. The maximum Gasteiger partial charge on any atom is 0.327 e. The van der Waals surface area contributed by atoms with Gasteiger partial charge in [0.2, 0.25) is 0 Å². The number of nitrogens with zero attached hydrogens (tertiary/aromatic N) is 2. The van der Waals surface area contributed by atoms with Crippen molar-refractivity contribution >= 4 is 35.5 Å². The molecule has 0 aromatic heterocycles. The van der Waals surface area contributed by atoms with Crippen molar-refractivity contribution in [2.45, 2.75) is 32.2 Å². The number of hydrogen-bond donors (Lipinski definition) is 2. The molecule has 0 unspecified atom stereocenters. The Labute approximate surface area is 281 Å². The molecule has 0 aliphatic carbocycles. The van der Waals surface area contributed by atoms with Crippen LogP contribution in [0.25, 0.3) is 21.5 Å². The number of phenolic OH excluding ortho intramolecular Hbond substituents is 1. The molecule has 6 aromatic carbocycles. The maximum absolute atomic E-state index is 15.7. The van der Waals surface area contributed by atoms with Gasteiger partial charge in [0.1, 0.15) is 18.4 Å². The molecular formula is C40H38N3O4P. The molecule has 0 spiro atoms. The minimum atomic E-state index is -3.56. The highest BCUT2D eigenvalue weighted by molar-refractivity contribution is 7.62. The molecule has 6 aromatic rings. The third-order valence-electron chi connectivity index (χ3n) is 9.06. The van der Waals surface area contributed by atoms with Crippen LogP contribution in [0.4, 0.5) is 0 Å². The van der Waals surface area contributed by atoms with Crippen LogP contribution in [0.1, 0.15) is 22.3 Å². The van der Waals surface area contributed by atoms with Crippen molar-refractivity contribution in [1.29, 1.82) is 0 Å². The van der Waals surface area contributed by atoms with E-state index in [2.05, 4.69) is 53.6 Å². The summed E-state index contributed by atoms with van der Waals surface area (Å²) in [6.07, 6.45) is 0.238. The number of fused-ring (bicyclic) bond motifs is 2. The van der Waals surface area contributed by atoms with E-state index in [9.17, 15) is 9.90 Å². The van der Waals surface area contributed by atoms with Crippen molar-refractivity contribution in [1.82, 2.24) is 14.4 Å². The summed E-state index contributed by atoms with van der Waals surface area (Å²) in [5.74, 6) is -0.342. The van der Waals surface area contributed by atoms with Gasteiger partial charge in [0.15, 0.2) is 7.94 Å². The minimum Gasteiger partial charge on any atom is -0.636 e. The Kier molecular flexibility index (Phi) is 9.48. The molecule has 242 valence electrons. The molecule has 8 heteroatoms. The van der Waals surface area contributed by atoms with Crippen LogP contribution < -0.4 is 9.98 Å². The Morgan fingerprint density at radius 1 is 0.688 bits per heavy atom. The predicted molar refractivity (Wildman–Crippen MR) is 191 cm³/mol. The lowest BCUT2D eigenvalue weighted by atomic mass is 10.0. The normalized spacial score (nSPS) is 15.5. The average Bonchev–Trinajstić information content (AvgIpc) is 3.41. The first kappa shape index (κ1) is 32.0. The summed E-state index contributed by atoms with van der Waals surface area (Å²) in [5, 5.41) is 17.8. The number of hydrogen-bond acceptors (Lipinski definition) is 7. The quantitative estimate of drug-likeness (QED) is 0.115. The fraction of sp³-hybridized carbons (Fsp3) is 0.175. The van der Waals surface area contributed by atoms with E-state index in [-0.39, 0.29) is 18.8 Å². The summed E-state index contributed by atoms with van der Waals surface area (Å²) in [6, 6.07) is 44.3. The van der Waals surface area contributed by atoms with Crippen molar-refractivity contribution in [2.24, 2.45) is 0 Å². The molecule has 7 nitrogen and oxygen atoms in total. The van der Waals surface area contributed by atoms with Crippen molar-refractivity contribution in [3.8, 4) is 5.75 Å². The van der Waals surface area contributed by atoms with Gasteiger partial charge in [0, 0.05) is 6.42 Å². The summed E-state index contributed by atoms with van der Waals surface area (Å²) in [5.41, 5.74) is 3.83. The zero-order valence-electron chi connectivity index (χ0n) is 26.6. The third kappa shape index (κ3) is 6.97. The van der Waals surface area contributed by atoms with Crippen LogP contribution in [0.15, 0.2) is 140 Å². The molecule has 48 heavy (non-hydrogen) atoms. The third-order valence-corrected chi connectivity index (χ3v) is 11.9. The molecule has 1 fully saturated rings. The Bertz CT molecular complexity index is 1920. The van der Waals surface area contributed by atoms with Crippen molar-refractivity contribution in [3.63, 3.8) is 0 Å². The summed E-state index contributed by atoms with van der Waals surface area (Å²) < 4.78 is 9.87. The highest BCUT2D eigenvalue weighted by Gasteiger charge is 2.50. The topological polar surface area (TPSA) is 88.1 Å². The number of phenols is 1. The number of benzene rings is 6. The fourth-order valence-corrected chi connectivity index (χ4v) is 9.23. The largest absolute Gasteiger partial charge is 0.636 e. The number of carbonyl (C=O) groups excluding carboxylic acids is 1. The second-order valence-electron chi connectivity index (χ2n) is 12.2. The van der Waals surface area contributed by atoms with Crippen LogP contribution in [0.3, 0.4) is 0 Å². The smallest absolute Gasteiger partial charge is 0.327 e. The summed E-state index contributed by atoms with van der Waals surface area (Å²) in [6.45, 7) is 2.12. The first-order valence-corrected chi connectivity index (χ1v) is 17.9. The molecule has 1 aliphatic heterocycles. The molecule has 1 atom stereocenters. The first-order chi connectivity index (χ1) is 23.5. The Balaban J connectivity index is 1.24. The number of rotatable bonds is 11. The maximum atomic E-state index is 15.7. The lowest BCUT2D eigenvalue weighted by Gasteiger charge is -2.41. The Morgan fingerprint density at radius 3 is 1.79 bits per heavy atom.